The van der Waals surface area contributed by atoms with Crippen LogP contribution < -0.4 is 14.9 Å². The molecule has 1 aromatic heterocycles. The molecule has 0 aliphatic carbocycles. The third kappa shape index (κ3) is 3.60. The van der Waals surface area contributed by atoms with Gasteiger partial charge in [-0.3, -0.25) is 4.79 Å². The Labute approximate surface area is 185 Å². The molecule has 0 aliphatic rings. The molecule has 0 radical (unpaired) electrons. The van der Waals surface area contributed by atoms with E-state index in [9.17, 15) is 4.79 Å². The number of aryl methyl sites for hydroxylation is 1. The van der Waals surface area contributed by atoms with Crippen LogP contribution in [0.25, 0.3) is 33.1 Å². The summed E-state index contributed by atoms with van der Waals surface area (Å²) in [6, 6.07) is 27.2. The van der Waals surface area contributed by atoms with Crippen LogP contribution in [0, 0.1) is 6.92 Å². The maximum atomic E-state index is 13.4. The molecule has 0 bridgehead atoms. The van der Waals surface area contributed by atoms with Crippen molar-refractivity contribution in [3.63, 3.8) is 0 Å². The lowest BCUT2D eigenvalue weighted by Crippen LogP contribution is -2.10. The van der Waals surface area contributed by atoms with Crippen molar-refractivity contribution in [2.24, 2.45) is 0 Å². The second-order valence-corrected chi connectivity index (χ2v) is 7.74. The smallest absolute Gasteiger partial charge is 0.235 e. The monoisotopic (exact) mass is 422 g/mol. The predicted molar refractivity (Wildman–Crippen MR) is 127 cm³/mol. The summed E-state index contributed by atoms with van der Waals surface area (Å²) < 4.78 is 17.7. The Bertz CT molecular complexity index is 1470. The molecule has 1 heterocycles. The third-order valence-electron chi connectivity index (χ3n) is 5.61. The zero-order chi connectivity index (χ0) is 22.1. The van der Waals surface area contributed by atoms with Crippen LogP contribution in [0.4, 0.5) is 0 Å². The SMILES string of the molecule is COc1ccc(-c2oc3cc(C)ccc3c(=O)c2OCc2cccc3ccccc23)cc1. The fraction of sp³-hybridized carbons (Fsp3) is 0.107. The molecule has 0 atom stereocenters. The van der Waals surface area contributed by atoms with E-state index in [0.29, 0.717) is 16.7 Å². The van der Waals surface area contributed by atoms with Crippen LogP contribution in [0.3, 0.4) is 0 Å². The summed E-state index contributed by atoms with van der Waals surface area (Å²) in [6.07, 6.45) is 0. The Balaban J connectivity index is 1.63. The first kappa shape index (κ1) is 19.9. The molecule has 4 aromatic carbocycles. The van der Waals surface area contributed by atoms with Gasteiger partial charge >= 0.3 is 0 Å². The molecular formula is C28H22O4. The number of benzene rings is 4. The molecule has 0 amide bonds. The van der Waals surface area contributed by atoms with Crippen LogP contribution >= 0.6 is 0 Å². The Morgan fingerprint density at radius 1 is 0.844 bits per heavy atom. The van der Waals surface area contributed by atoms with Gasteiger partial charge in [-0.15, -0.1) is 0 Å². The topological polar surface area (TPSA) is 48.7 Å². The van der Waals surface area contributed by atoms with E-state index in [0.717, 1.165) is 33.2 Å². The second kappa shape index (κ2) is 8.23. The molecule has 0 N–H and O–H groups in total. The lowest BCUT2D eigenvalue weighted by atomic mass is 10.1. The molecule has 32 heavy (non-hydrogen) atoms. The Morgan fingerprint density at radius 2 is 1.62 bits per heavy atom. The van der Waals surface area contributed by atoms with Gasteiger partial charge in [-0.05, 0) is 65.2 Å². The molecule has 0 spiro atoms. The van der Waals surface area contributed by atoms with Gasteiger partial charge in [-0.1, -0.05) is 48.5 Å². The van der Waals surface area contributed by atoms with E-state index >= 15 is 0 Å². The van der Waals surface area contributed by atoms with Gasteiger partial charge in [0, 0.05) is 5.56 Å². The van der Waals surface area contributed by atoms with Crippen LogP contribution in [0.5, 0.6) is 11.5 Å². The highest BCUT2D eigenvalue weighted by atomic mass is 16.5. The number of methoxy groups -OCH3 is 1. The fourth-order valence-corrected chi connectivity index (χ4v) is 3.92. The van der Waals surface area contributed by atoms with E-state index in [1.54, 1.807) is 13.2 Å². The van der Waals surface area contributed by atoms with E-state index in [-0.39, 0.29) is 17.8 Å². The molecule has 158 valence electrons. The van der Waals surface area contributed by atoms with Crippen molar-refractivity contribution in [3.8, 4) is 22.8 Å². The normalized spacial score (nSPS) is 11.1. The van der Waals surface area contributed by atoms with Crippen molar-refractivity contribution in [3.05, 3.63) is 106 Å². The van der Waals surface area contributed by atoms with Crippen LogP contribution in [0.15, 0.2) is 94.1 Å². The molecule has 0 aliphatic heterocycles. The van der Waals surface area contributed by atoms with Crippen molar-refractivity contribution < 1.29 is 13.9 Å². The largest absolute Gasteiger partial charge is 0.497 e. The number of ether oxygens (including phenoxy) is 2. The van der Waals surface area contributed by atoms with Gasteiger partial charge in [0.25, 0.3) is 0 Å². The number of hydrogen-bond acceptors (Lipinski definition) is 4. The maximum absolute atomic E-state index is 13.4. The van der Waals surface area contributed by atoms with Crippen LogP contribution in [-0.4, -0.2) is 7.11 Å². The summed E-state index contributed by atoms with van der Waals surface area (Å²) in [5, 5.41) is 2.73. The molecule has 0 saturated heterocycles. The second-order valence-electron chi connectivity index (χ2n) is 7.74. The standard InChI is InChI=1S/C28H22O4/c1-18-10-15-24-25(16-18)32-27(20-11-13-22(30-2)14-12-20)28(26(24)29)31-17-21-8-5-7-19-6-3-4-9-23(19)21/h3-16H,17H2,1-2H3. The van der Waals surface area contributed by atoms with E-state index in [1.165, 1.54) is 0 Å². The Kier molecular flexibility index (Phi) is 5.12. The summed E-state index contributed by atoms with van der Waals surface area (Å²) in [4.78, 5) is 13.4. The Hall–Kier alpha value is -4.05. The molecule has 4 heteroatoms. The van der Waals surface area contributed by atoms with Crippen LogP contribution in [0.1, 0.15) is 11.1 Å². The van der Waals surface area contributed by atoms with Gasteiger partial charge in [0.1, 0.15) is 17.9 Å². The van der Waals surface area contributed by atoms with Gasteiger partial charge in [-0.2, -0.15) is 0 Å². The van der Waals surface area contributed by atoms with E-state index in [4.69, 9.17) is 13.9 Å². The summed E-state index contributed by atoms with van der Waals surface area (Å²) in [6.45, 7) is 2.23. The number of rotatable bonds is 5. The summed E-state index contributed by atoms with van der Waals surface area (Å²) in [5.74, 6) is 1.35. The first-order chi connectivity index (χ1) is 15.6. The minimum Gasteiger partial charge on any atom is -0.497 e. The zero-order valence-electron chi connectivity index (χ0n) is 17.9. The highest BCUT2D eigenvalue weighted by Crippen LogP contribution is 2.33. The minimum absolute atomic E-state index is 0.183. The average Bonchev–Trinajstić information content (AvgIpc) is 2.83. The van der Waals surface area contributed by atoms with Gasteiger partial charge in [0.2, 0.25) is 11.2 Å². The lowest BCUT2D eigenvalue weighted by molar-refractivity contribution is 0.299. The van der Waals surface area contributed by atoms with Crippen molar-refractivity contribution in [2.45, 2.75) is 13.5 Å². The van der Waals surface area contributed by atoms with Crippen LogP contribution in [0.2, 0.25) is 0 Å². The molecule has 4 nitrogen and oxygen atoms in total. The van der Waals surface area contributed by atoms with E-state index in [2.05, 4.69) is 18.2 Å². The summed E-state index contributed by atoms with van der Waals surface area (Å²) in [7, 11) is 1.62. The first-order valence-corrected chi connectivity index (χ1v) is 10.5. The predicted octanol–water partition coefficient (Wildman–Crippen LogP) is 6.51. The van der Waals surface area contributed by atoms with Crippen molar-refractivity contribution in [1.82, 2.24) is 0 Å². The minimum atomic E-state index is -0.183. The number of fused-ring (bicyclic) bond motifs is 2. The van der Waals surface area contributed by atoms with Gasteiger partial charge in [0.05, 0.1) is 12.5 Å². The van der Waals surface area contributed by atoms with Crippen molar-refractivity contribution in [2.75, 3.05) is 7.11 Å². The molecular weight excluding hydrogens is 400 g/mol. The van der Waals surface area contributed by atoms with Gasteiger partial charge < -0.3 is 13.9 Å². The first-order valence-electron chi connectivity index (χ1n) is 10.5. The highest BCUT2D eigenvalue weighted by molar-refractivity contribution is 5.86. The average molecular weight is 422 g/mol. The molecule has 0 fully saturated rings. The molecule has 0 unspecified atom stereocenters. The quantitative estimate of drug-likeness (QED) is 0.324. The highest BCUT2D eigenvalue weighted by Gasteiger charge is 2.18. The number of hydrogen-bond donors (Lipinski definition) is 0. The van der Waals surface area contributed by atoms with Crippen molar-refractivity contribution >= 4 is 21.7 Å². The summed E-state index contributed by atoms with van der Waals surface area (Å²) in [5.41, 5.74) is 3.13. The molecule has 5 rings (SSSR count). The van der Waals surface area contributed by atoms with Crippen molar-refractivity contribution in [1.29, 1.82) is 0 Å². The summed E-state index contributed by atoms with van der Waals surface area (Å²) >= 11 is 0. The zero-order valence-corrected chi connectivity index (χ0v) is 17.9. The molecule has 0 saturated carbocycles. The van der Waals surface area contributed by atoms with Gasteiger partial charge in [-0.25, -0.2) is 0 Å². The maximum Gasteiger partial charge on any atom is 0.235 e. The van der Waals surface area contributed by atoms with E-state index in [1.807, 2.05) is 67.6 Å². The fourth-order valence-electron chi connectivity index (χ4n) is 3.92. The third-order valence-corrected chi connectivity index (χ3v) is 5.61. The lowest BCUT2D eigenvalue weighted by Gasteiger charge is -2.13. The van der Waals surface area contributed by atoms with Crippen LogP contribution in [-0.2, 0) is 6.61 Å². The van der Waals surface area contributed by atoms with Gasteiger partial charge in [0.15, 0.2) is 5.76 Å². The Morgan fingerprint density at radius 3 is 2.44 bits per heavy atom. The van der Waals surface area contributed by atoms with E-state index < -0.39 is 0 Å². The molecule has 5 aromatic rings.